The minimum atomic E-state index is -0.00843. The molecule has 1 atom stereocenters. The van der Waals surface area contributed by atoms with Crippen LogP contribution in [0.3, 0.4) is 0 Å². The molecule has 1 aromatic heterocycles. The largest absolute Gasteiger partial charge is 0.399 e. The van der Waals surface area contributed by atoms with Crippen LogP contribution < -0.4 is 11.1 Å². The number of carbonyl (C=O) groups is 1. The number of carbonyl (C=O) groups excluding carboxylic acids is 1. The number of rotatable bonds is 5. The summed E-state index contributed by atoms with van der Waals surface area (Å²) in [5, 5.41) is 3.00. The highest BCUT2D eigenvalue weighted by Crippen LogP contribution is 2.18. The second kappa shape index (κ2) is 6.43. The number of hydrogen-bond donors (Lipinski definition) is 2. The molecule has 1 amide bonds. The maximum Gasteiger partial charge on any atom is 0.240 e. The Kier molecular flexibility index (Phi) is 4.62. The number of nitrogens with two attached hydrogens (primary N) is 1. The van der Waals surface area contributed by atoms with Gasteiger partial charge in [0, 0.05) is 29.7 Å². The molecule has 0 aliphatic rings. The summed E-state index contributed by atoms with van der Waals surface area (Å²) < 4.78 is 1.84. The molecule has 1 aromatic carbocycles. The van der Waals surface area contributed by atoms with E-state index in [4.69, 9.17) is 5.73 Å². The molecular formula is C16H22N4O. The third kappa shape index (κ3) is 3.84. The van der Waals surface area contributed by atoms with Gasteiger partial charge in [0.25, 0.3) is 0 Å². The molecule has 5 heteroatoms. The maximum absolute atomic E-state index is 12.1. The van der Waals surface area contributed by atoms with Gasteiger partial charge in [-0.2, -0.15) is 0 Å². The van der Waals surface area contributed by atoms with E-state index < -0.39 is 0 Å². The molecular weight excluding hydrogens is 264 g/mol. The first-order chi connectivity index (χ1) is 9.97. The number of amides is 1. The molecule has 1 heterocycles. The van der Waals surface area contributed by atoms with Crippen LogP contribution in [0.5, 0.6) is 0 Å². The van der Waals surface area contributed by atoms with Gasteiger partial charge < -0.3 is 15.6 Å². The lowest BCUT2D eigenvalue weighted by molar-refractivity contribution is -0.122. The number of nitrogens with zero attached hydrogens (tertiary/aromatic N) is 2. The zero-order valence-electron chi connectivity index (χ0n) is 12.7. The Balaban J connectivity index is 2.10. The van der Waals surface area contributed by atoms with E-state index in [-0.39, 0.29) is 18.5 Å². The van der Waals surface area contributed by atoms with Gasteiger partial charge in [0.1, 0.15) is 12.4 Å². The molecule has 2 aromatic rings. The predicted octanol–water partition coefficient (Wildman–Crippen LogP) is 2.29. The van der Waals surface area contributed by atoms with E-state index in [1.165, 1.54) is 0 Å². The van der Waals surface area contributed by atoms with Gasteiger partial charge in [0.05, 0.1) is 0 Å². The summed E-state index contributed by atoms with van der Waals surface area (Å²) >= 11 is 0. The Labute approximate surface area is 125 Å². The van der Waals surface area contributed by atoms with Crippen LogP contribution in [0.25, 0.3) is 11.4 Å². The summed E-state index contributed by atoms with van der Waals surface area (Å²) in [7, 11) is 0. The van der Waals surface area contributed by atoms with E-state index in [0.29, 0.717) is 11.6 Å². The Morgan fingerprint density at radius 2 is 1.95 bits per heavy atom. The molecule has 0 aliphatic heterocycles. The van der Waals surface area contributed by atoms with Gasteiger partial charge in [-0.15, -0.1) is 0 Å². The van der Waals surface area contributed by atoms with Crippen molar-refractivity contribution in [3.8, 4) is 11.4 Å². The third-order valence-corrected chi connectivity index (χ3v) is 3.59. The number of benzene rings is 1. The molecule has 112 valence electrons. The Morgan fingerprint density at radius 3 is 2.57 bits per heavy atom. The number of nitrogen functional groups attached to an aromatic ring is 1. The summed E-state index contributed by atoms with van der Waals surface area (Å²) in [5.41, 5.74) is 7.34. The molecule has 21 heavy (non-hydrogen) atoms. The van der Waals surface area contributed by atoms with E-state index in [1.54, 1.807) is 6.20 Å². The Morgan fingerprint density at radius 1 is 1.29 bits per heavy atom. The highest BCUT2D eigenvalue weighted by Gasteiger charge is 2.13. The van der Waals surface area contributed by atoms with Crippen LogP contribution in [-0.4, -0.2) is 21.5 Å². The van der Waals surface area contributed by atoms with Gasteiger partial charge in [-0.25, -0.2) is 4.98 Å². The minimum Gasteiger partial charge on any atom is -0.399 e. The summed E-state index contributed by atoms with van der Waals surface area (Å²) in [6.07, 6.45) is 3.51. The first-order valence-electron chi connectivity index (χ1n) is 7.13. The monoisotopic (exact) mass is 286 g/mol. The van der Waals surface area contributed by atoms with Crippen molar-refractivity contribution in [1.82, 2.24) is 14.9 Å². The van der Waals surface area contributed by atoms with Crippen LogP contribution in [0, 0.1) is 5.92 Å². The van der Waals surface area contributed by atoms with E-state index in [0.717, 1.165) is 11.4 Å². The molecule has 1 unspecified atom stereocenters. The molecule has 0 saturated carbocycles. The minimum absolute atomic E-state index is 0.00843. The zero-order chi connectivity index (χ0) is 15.4. The number of nitrogens with one attached hydrogen (secondary N) is 1. The highest BCUT2D eigenvalue weighted by molar-refractivity contribution is 5.76. The van der Waals surface area contributed by atoms with Gasteiger partial charge in [-0.1, -0.05) is 13.8 Å². The second-order valence-electron chi connectivity index (χ2n) is 5.60. The topological polar surface area (TPSA) is 72.9 Å². The van der Waals surface area contributed by atoms with Crippen LogP contribution in [0.2, 0.25) is 0 Å². The van der Waals surface area contributed by atoms with Crippen LogP contribution in [-0.2, 0) is 11.3 Å². The lowest BCUT2D eigenvalue weighted by Crippen LogP contribution is -2.38. The molecule has 0 spiro atoms. The Bertz CT molecular complexity index is 601. The molecule has 0 saturated heterocycles. The molecule has 0 bridgehead atoms. The zero-order valence-corrected chi connectivity index (χ0v) is 12.7. The number of aromatic nitrogens is 2. The summed E-state index contributed by atoms with van der Waals surface area (Å²) in [5.74, 6) is 1.17. The van der Waals surface area contributed by atoms with Gasteiger partial charge >= 0.3 is 0 Å². The number of anilines is 1. The van der Waals surface area contributed by atoms with Crippen molar-refractivity contribution in [3.05, 3.63) is 36.7 Å². The van der Waals surface area contributed by atoms with Crippen LogP contribution in [0.4, 0.5) is 5.69 Å². The first kappa shape index (κ1) is 15.1. The van der Waals surface area contributed by atoms with Gasteiger partial charge in [0.2, 0.25) is 5.91 Å². The van der Waals surface area contributed by atoms with Crippen molar-refractivity contribution < 1.29 is 4.79 Å². The van der Waals surface area contributed by atoms with Gasteiger partial charge in [-0.3, -0.25) is 4.79 Å². The van der Waals surface area contributed by atoms with Crippen molar-refractivity contribution in [2.45, 2.75) is 33.4 Å². The van der Waals surface area contributed by atoms with Crippen molar-refractivity contribution in [2.75, 3.05) is 5.73 Å². The number of hydrogen-bond acceptors (Lipinski definition) is 3. The van der Waals surface area contributed by atoms with E-state index in [1.807, 2.05) is 42.0 Å². The molecule has 0 aliphatic carbocycles. The van der Waals surface area contributed by atoms with Crippen molar-refractivity contribution in [2.24, 2.45) is 5.92 Å². The third-order valence-electron chi connectivity index (χ3n) is 3.59. The van der Waals surface area contributed by atoms with Gasteiger partial charge in [0.15, 0.2) is 0 Å². The van der Waals surface area contributed by atoms with Gasteiger partial charge in [-0.05, 0) is 37.1 Å². The van der Waals surface area contributed by atoms with E-state index in [9.17, 15) is 4.79 Å². The van der Waals surface area contributed by atoms with Crippen molar-refractivity contribution in [3.63, 3.8) is 0 Å². The lowest BCUT2D eigenvalue weighted by atomic mass is 10.1. The molecule has 5 nitrogen and oxygen atoms in total. The number of imidazole rings is 1. The first-order valence-corrected chi connectivity index (χ1v) is 7.13. The fraction of sp³-hybridized carbons (Fsp3) is 0.375. The van der Waals surface area contributed by atoms with E-state index in [2.05, 4.69) is 24.1 Å². The Hall–Kier alpha value is -2.30. The van der Waals surface area contributed by atoms with Crippen molar-refractivity contribution in [1.29, 1.82) is 0 Å². The SMILES string of the molecule is CC(C)C(C)NC(=O)Cn1ccnc1-c1ccc(N)cc1. The predicted molar refractivity (Wildman–Crippen MR) is 84.5 cm³/mol. The fourth-order valence-corrected chi connectivity index (χ4v) is 1.95. The van der Waals surface area contributed by atoms with Crippen LogP contribution in [0.15, 0.2) is 36.7 Å². The quantitative estimate of drug-likeness (QED) is 0.828. The molecule has 0 fully saturated rings. The maximum atomic E-state index is 12.1. The van der Waals surface area contributed by atoms with E-state index >= 15 is 0 Å². The summed E-state index contributed by atoms with van der Waals surface area (Å²) in [6.45, 7) is 6.44. The lowest BCUT2D eigenvalue weighted by Gasteiger charge is -2.18. The smallest absolute Gasteiger partial charge is 0.240 e. The average molecular weight is 286 g/mol. The summed E-state index contributed by atoms with van der Waals surface area (Å²) in [6, 6.07) is 7.62. The standard InChI is InChI=1S/C16H22N4O/c1-11(2)12(3)19-15(21)10-20-9-8-18-16(20)13-4-6-14(17)7-5-13/h4-9,11-12H,10,17H2,1-3H3,(H,19,21). The average Bonchev–Trinajstić information content (AvgIpc) is 2.87. The fourth-order valence-electron chi connectivity index (χ4n) is 1.95. The normalized spacial score (nSPS) is 12.4. The second-order valence-corrected chi connectivity index (χ2v) is 5.60. The molecule has 2 rings (SSSR count). The highest BCUT2D eigenvalue weighted by atomic mass is 16.2. The van der Waals surface area contributed by atoms with Crippen LogP contribution in [0.1, 0.15) is 20.8 Å². The molecule has 3 N–H and O–H groups in total. The molecule has 0 radical (unpaired) electrons. The van der Waals surface area contributed by atoms with Crippen molar-refractivity contribution >= 4 is 11.6 Å². The van der Waals surface area contributed by atoms with Crippen LogP contribution >= 0.6 is 0 Å². The summed E-state index contributed by atoms with van der Waals surface area (Å²) in [4.78, 5) is 16.4.